The summed E-state index contributed by atoms with van der Waals surface area (Å²) in [6, 6.07) is 8.46. The van der Waals surface area contributed by atoms with Crippen LogP contribution in [0.3, 0.4) is 0 Å². The van der Waals surface area contributed by atoms with E-state index in [9.17, 15) is 0 Å². The van der Waals surface area contributed by atoms with Crippen molar-refractivity contribution in [1.82, 2.24) is 0 Å². The largest absolute Gasteiger partial charge is 0.494 e. The number of hydrogen-bond acceptors (Lipinski definition) is 1. The number of rotatable bonds is 11. The van der Waals surface area contributed by atoms with Gasteiger partial charge in [0.25, 0.3) is 0 Å². The minimum atomic E-state index is 0.863. The summed E-state index contributed by atoms with van der Waals surface area (Å²) in [6.07, 6.45) is 11.9. The molecule has 1 rings (SSSR count). The molecule has 0 heterocycles. The van der Waals surface area contributed by atoms with E-state index in [1.54, 1.807) is 0 Å². The third kappa shape index (κ3) is 7.92. The average Bonchev–Trinajstić information content (AvgIpc) is 2.46. The highest BCUT2D eigenvalue weighted by atomic mass is 16.5. The van der Waals surface area contributed by atoms with Crippen LogP contribution < -0.4 is 4.74 Å². The minimum absolute atomic E-state index is 0.863. The van der Waals surface area contributed by atoms with Crippen molar-refractivity contribution < 1.29 is 4.74 Å². The standard InChI is InChI=1S/C18H30O/c1-3-5-6-7-8-9-10-11-15-19-18-14-12-13-17(4-2)16-18/h12-14,16H,3-11,15H2,1-2H3. The maximum absolute atomic E-state index is 5.79. The van der Waals surface area contributed by atoms with Gasteiger partial charge < -0.3 is 4.74 Å². The van der Waals surface area contributed by atoms with Gasteiger partial charge in [-0.3, -0.25) is 0 Å². The molecule has 108 valence electrons. The molecule has 0 aromatic heterocycles. The van der Waals surface area contributed by atoms with E-state index < -0.39 is 0 Å². The van der Waals surface area contributed by atoms with Crippen molar-refractivity contribution in [2.24, 2.45) is 0 Å². The molecule has 0 atom stereocenters. The minimum Gasteiger partial charge on any atom is -0.494 e. The second kappa shape index (κ2) is 10.9. The summed E-state index contributed by atoms with van der Waals surface area (Å²) in [4.78, 5) is 0. The maximum atomic E-state index is 5.79. The van der Waals surface area contributed by atoms with E-state index in [-0.39, 0.29) is 0 Å². The summed E-state index contributed by atoms with van der Waals surface area (Å²) >= 11 is 0. The lowest BCUT2D eigenvalue weighted by Gasteiger charge is -2.07. The Hall–Kier alpha value is -0.980. The van der Waals surface area contributed by atoms with Gasteiger partial charge in [-0.05, 0) is 30.5 Å². The predicted molar refractivity (Wildman–Crippen MR) is 83.9 cm³/mol. The molecule has 0 bridgehead atoms. The monoisotopic (exact) mass is 262 g/mol. The highest BCUT2D eigenvalue weighted by Gasteiger charge is 1.96. The molecule has 0 aliphatic carbocycles. The first-order valence-corrected chi connectivity index (χ1v) is 8.08. The van der Waals surface area contributed by atoms with E-state index in [0.717, 1.165) is 18.8 Å². The third-order valence-corrected chi connectivity index (χ3v) is 3.57. The van der Waals surface area contributed by atoms with Gasteiger partial charge in [0, 0.05) is 0 Å². The van der Waals surface area contributed by atoms with Gasteiger partial charge in [0.15, 0.2) is 0 Å². The molecule has 1 aromatic rings. The van der Waals surface area contributed by atoms with Gasteiger partial charge in [0.1, 0.15) is 5.75 Å². The Kier molecular flexibility index (Phi) is 9.22. The summed E-state index contributed by atoms with van der Waals surface area (Å²) in [5, 5.41) is 0. The van der Waals surface area contributed by atoms with Gasteiger partial charge in [-0.15, -0.1) is 0 Å². The molecule has 0 aliphatic rings. The molecule has 0 aliphatic heterocycles. The summed E-state index contributed by atoms with van der Waals surface area (Å²) in [5.41, 5.74) is 1.36. The van der Waals surface area contributed by atoms with Crippen LogP contribution in [0.5, 0.6) is 5.75 Å². The lowest BCUT2D eigenvalue weighted by Crippen LogP contribution is -1.97. The second-order valence-corrected chi connectivity index (χ2v) is 5.32. The van der Waals surface area contributed by atoms with Crippen LogP contribution in [0.2, 0.25) is 0 Å². The van der Waals surface area contributed by atoms with Crippen molar-refractivity contribution in [1.29, 1.82) is 0 Å². The fourth-order valence-electron chi connectivity index (χ4n) is 2.28. The van der Waals surface area contributed by atoms with Crippen LogP contribution in [0.1, 0.15) is 70.8 Å². The van der Waals surface area contributed by atoms with Crippen molar-refractivity contribution >= 4 is 0 Å². The molecule has 0 amide bonds. The molecule has 0 radical (unpaired) electrons. The van der Waals surface area contributed by atoms with Crippen LogP contribution in [0.4, 0.5) is 0 Å². The molecule has 19 heavy (non-hydrogen) atoms. The number of unbranched alkanes of at least 4 members (excludes halogenated alkanes) is 7. The molecular weight excluding hydrogens is 232 g/mol. The average molecular weight is 262 g/mol. The smallest absolute Gasteiger partial charge is 0.119 e. The topological polar surface area (TPSA) is 9.23 Å². The van der Waals surface area contributed by atoms with E-state index in [4.69, 9.17) is 4.74 Å². The Balaban J connectivity index is 1.98. The van der Waals surface area contributed by atoms with Crippen molar-refractivity contribution in [3.63, 3.8) is 0 Å². The van der Waals surface area contributed by atoms with Crippen molar-refractivity contribution in [2.75, 3.05) is 6.61 Å². The van der Waals surface area contributed by atoms with Crippen LogP contribution in [0, 0.1) is 0 Å². The molecular formula is C18H30O. The van der Waals surface area contributed by atoms with Crippen molar-refractivity contribution in [2.45, 2.75) is 71.6 Å². The SMILES string of the molecule is CCCCCCCCCCOc1cccc(CC)c1. The third-order valence-electron chi connectivity index (χ3n) is 3.57. The highest BCUT2D eigenvalue weighted by molar-refractivity contribution is 5.28. The molecule has 1 nitrogen and oxygen atoms in total. The maximum Gasteiger partial charge on any atom is 0.119 e. The van der Waals surface area contributed by atoms with E-state index in [1.807, 2.05) is 0 Å². The first-order chi connectivity index (χ1) is 9.36. The quantitative estimate of drug-likeness (QED) is 0.460. The van der Waals surface area contributed by atoms with E-state index in [2.05, 4.69) is 38.1 Å². The highest BCUT2D eigenvalue weighted by Crippen LogP contribution is 2.14. The number of benzene rings is 1. The Morgan fingerprint density at radius 1 is 0.842 bits per heavy atom. The molecule has 1 heteroatoms. The van der Waals surface area contributed by atoms with Crippen molar-refractivity contribution in [3.05, 3.63) is 29.8 Å². The van der Waals surface area contributed by atoms with Gasteiger partial charge in [-0.1, -0.05) is 70.9 Å². The molecule has 1 aromatic carbocycles. The van der Waals surface area contributed by atoms with Crippen molar-refractivity contribution in [3.8, 4) is 5.75 Å². The summed E-state index contributed by atoms with van der Waals surface area (Å²) in [6.45, 7) is 5.31. The van der Waals surface area contributed by atoms with Crippen LogP contribution in [-0.2, 0) is 6.42 Å². The summed E-state index contributed by atoms with van der Waals surface area (Å²) < 4.78 is 5.79. The lowest BCUT2D eigenvalue weighted by atomic mass is 10.1. The fourth-order valence-corrected chi connectivity index (χ4v) is 2.28. The van der Waals surface area contributed by atoms with Gasteiger partial charge in [-0.25, -0.2) is 0 Å². The van der Waals surface area contributed by atoms with E-state index >= 15 is 0 Å². The van der Waals surface area contributed by atoms with Crippen LogP contribution in [-0.4, -0.2) is 6.61 Å². The zero-order valence-electron chi connectivity index (χ0n) is 12.8. The Labute approximate surface area is 119 Å². The Morgan fingerprint density at radius 3 is 2.21 bits per heavy atom. The van der Waals surface area contributed by atoms with Gasteiger partial charge in [0.2, 0.25) is 0 Å². The van der Waals surface area contributed by atoms with E-state index in [1.165, 1.54) is 56.9 Å². The number of aryl methyl sites for hydroxylation is 1. The first kappa shape index (κ1) is 16.1. The molecule has 0 spiro atoms. The first-order valence-electron chi connectivity index (χ1n) is 8.08. The van der Waals surface area contributed by atoms with Gasteiger partial charge >= 0.3 is 0 Å². The molecule has 0 N–H and O–H groups in total. The zero-order chi connectivity index (χ0) is 13.8. The molecule has 0 saturated heterocycles. The fraction of sp³-hybridized carbons (Fsp3) is 0.667. The van der Waals surface area contributed by atoms with E-state index in [0.29, 0.717) is 0 Å². The molecule has 0 saturated carbocycles. The van der Waals surface area contributed by atoms with Crippen LogP contribution in [0.15, 0.2) is 24.3 Å². The molecule has 0 unspecified atom stereocenters. The normalized spacial score (nSPS) is 10.6. The summed E-state index contributed by atoms with van der Waals surface area (Å²) in [7, 11) is 0. The second-order valence-electron chi connectivity index (χ2n) is 5.32. The zero-order valence-corrected chi connectivity index (χ0v) is 12.8. The Morgan fingerprint density at radius 2 is 1.53 bits per heavy atom. The van der Waals surface area contributed by atoms with Gasteiger partial charge in [-0.2, -0.15) is 0 Å². The lowest BCUT2D eigenvalue weighted by molar-refractivity contribution is 0.304. The number of hydrogen-bond donors (Lipinski definition) is 0. The van der Waals surface area contributed by atoms with Crippen LogP contribution in [0.25, 0.3) is 0 Å². The van der Waals surface area contributed by atoms with Gasteiger partial charge in [0.05, 0.1) is 6.61 Å². The summed E-state index contributed by atoms with van der Waals surface area (Å²) in [5.74, 6) is 1.03. The van der Waals surface area contributed by atoms with Crippen LogP contribution >= 0.6 is 0 Å². The predicted octanol–water partition coefficient (Wildman–Crippen LogP) is 5.77. The Bertz CT molecular complexity index is 319. The molecule has 0 fully saturated rings. The number of ether oxygens (including phenoxy) is 1.